The Morgan fingerprint density at radius 2 is 1.74 bits per heavy atom. The van der Waals surface area contributed by atoms with Gasteiger partial charge in [0.15, 0.2) is 5.78 Å². The zero-order valence-electron chi connectivity index (χ0n) is 15.2. The molecule has 2 aromatic rings. The molecule has 140 valence electrons. The summed E-state index contributed by atoms with van der Waals surface area (Å²) in [6, 6.07) is 15.7. The van der Waals surface area contributed by atoms with Gasteiger partial charge < -0.3 is 4.90 Å². The van der Waals surface area contributed by atoms with Crippen molar-refractivity contribution in [3.8, 4) is 0 Å². The molecule has 0 aromatic heterocycles. The quantitative estimate of drug-likeness (QED) is 0.756. The van der Waals surface area contributed by atoms with Gasteiger partial charge in [-0.15, -0.1) is 0 Å². The van der Waals surface area contributed by atoms with Gasteiger partial charge >= 0.3 is 0 Å². The molecule has 5 heteroatoms. The summed E-state index contributed by atoms with van der Waals surface area (Å²) in [5.74, 6) is 0.0571. The van der Waals surface area contributed by atoms with Crippen LogP contribution in [0.15, 0.2) is 48.5 Å². The number of amides is 1. The molecule has 0 bridgehead atoms. The second-order valence-corrected chi connectivity index (χ2v) is 7.71. The number of hydrogen-bond acceptors (Lipinski definition) is 3. The van der Waals surface area contributed by atoms with Gasteiger partial charge in [0.1, 0.15) is 0 Å². The maximum Gasteiger partial charge on any atom is 0.223 e. The SMILES string of the molecule is O=C(CCC(=O)N1CCN2CCc3ccccc3C2C1)c1ccc(Cl)cc1. The van der Waals surface area contributed by atoms with E-state index in [1.165, 1.54) is 11.1 Å². The standard InChI is InChI=1S/C22H23ClN2O2/c23-18-7-5-17(6-8-18)21(26)9-10-22(27)25-14-13-24-12-11-16-3-1-2-4-19(16)20(24)15-25/h1-8,20H,9-15H2. The summed E-state index contributed by atoms with van der Waals surface area (Å²) < 4.78 is 0. The highest BCUT2D eigenvalue weighted by atomic mass is 35.5. The largest absolute Gasteiger partial charge is 0.339 e. The molecule has 0 radical (unpaired) electrons. The molecule has 1 saturated heterocycles. The Morgan fingerprint density at radius 1 is 0.963 bits per heavy atom. The van der Waals surface area contributed by atoms with Gasteiger partial charge in [-0.3, -0.25) is 14.5 Å². The van der Waals surface area contributed by atoms with E-state index in [9.17, 15) is 9.59 Å². The number of hydrogen-bond donors (Lipinski definition) is 0. The van der Waals surface area contributed by atoms with E-state index in [1.54, 1.807) is 24.3 Å². The van der Waals surface area contributed by atoms with Crippen LogP contribution in [-0.2, 0) is 11.2 Å². The molecular formula is C22H23ClN2O2. The van der Waals surface area contributed by atoms with Crippen molar-refractivity contribution in [3.63, 3.8) is 0 Å². The van der Waals surface area contributed by atoms with Crippen LogP contribution in [0.25, 0.3) is 0 Å². The lowest BCUT2D eigenvalue weighted by atomic mass is 9.91. The van der Waals surface area contributed by atoms with Crippen LogP contribution < -0.4 is 0 Å². The topological polar surface area (TPSA) is 40.6 Å². The van der Waals surface area contributed by atoms with Crippen molar-refractivity contribution in [2.45, 2.75) is 25.3 Å². The maximum absolute atomic E-state index is 12.7. The van der Waals surface area contributed by atoms with Crippen LogP contribution >= 0.6 is 11.6 Å². The highest BCUT2D eigenvalue weighted by Gasteiger charge is 2.33. The van der Waals surface area contributed by atoms with Crippen molar-refractivity contribution in [3.05, 3.63) is 70.2 Å². The molecule has 0 aliphatic carbocycles. The van der Waals surface area contributed by atoms with Crippen LogP contribution in [0.4, 0.5) is 0 Å². The number of halogens is 1. The van der Waals surface area contributed by atoms with Crippen molar-refractivity contribution in [2.24, 2.45) is 0 Å². The van der Waals surface area contributed by atoms with Gasteiger partial charge in [0.05, 0.1) is 6.04 Å². The number of nitrogens with zero attached hydrogens (tertiary/aromatic N) is 2. The van der Waals surface area contributed by atoms with E-state index in [2.05, 4.69) is 29.2 Å². The zero-order chi connectivity index (χ0) is 18.8. The Balaban J connectivity index is 1.37. The van der Waals surface area contributed by atoms with Crippen molar-refractivity contribution in [2.75, 3.05) is 26.2 Å². The molecule has 1 fully saturated rings. The molecule has 2 aliphatic heterocycles. The summed E-state index contributed by atoms with van der Waals surface area (Å²) in [6.07, 6.45) is 1.58. The third-order valence-electron chi connectivity index (χ3n) is 5.66. The lowest BCUT2D eigenvalue weighted by Gasteiger charge is -2.45. The Kier molecular flexibility index (Phi) is 5.28. The fraction of sp³-hybridized carbons (Fsp3) is 0.364. The van der Waals surface area contributed by atoms with Crippen LogP contribution in [0.2, 0.25) is 5.02 Å². The molecule has 4 rings (SSSR count). The van der Waals surface area contributed by atoms with E-state index in [0.29, 0.717) is 17.1 Å². The van der Waals surface area contributed by atoms with Crippen molar-refractivity contribution in [1.29, 1.82) is 0 Å². The average molecular weight is 383 g/mol. The molecule has 27 heavy (non-hydrogen) atoms. The van der Waals surface area contributed by atoms with Crippen LogP contribution in [0.1, 0.15) is 40.4 Å². The Bertz CT molecular complexity index is 850. The van der Waals surface area contributed by atoms with E-state index in [1.807, 2.05) is 4.90 Å². The van der Waals surface area contributed by atoms with Crippen LogP contribution in [0.5, 0.6) is 0 Å². The first-order chi connectivity index (χ1) is 13.1. The fourth-order valence-electron chi connectivity index (χ4n) is 4.12. The molecule has 2 aliphatic rings. The molecule has 1 atom stereocenters. The first kappa shape index (κ1) is 18.2. The number of carbonyl (C=O) groups excluding carboxylic acids is 2. The molecule has 0 spiro atoms. The van der Waals surface area contributed by atoms with E-state index in [4.69, 9.17) is 11.6 Å². The number of piperazine rings is 1. The van der Waals surface area contributed by atoms with Crippen LogP contribution in [0, 0.1) is 0 Å². The van der Waals surface area contributed by atoms with Crippen LogP contribution in [-0.4, -0.2) is 47.7 Å². The third kappa shape index (κ3) is 3.92. The van der Waals surface area contributed by atoms with Gasteiger partial charge in [0.2, 0.25) is 5.91 Å². The zero-order valence-corrected chi connectivity index (χ0v) is 16.0. The maximum atomic E-state index is 12.7. The lowest BCUT2D eigenvalue weighted by molar-refractivity contribution is -0.134. The Hall–Kier alpha value is -2.17. The number of ketones is 1. The van der Waals surface area contributed by atoms with Gasteiger partial charge in [-0.2, -0.15) is 0 Å². The van der Waals surface area contributed by atoms with Gasteiger partial charge in [-0.25, -0.2) is 0 Å². The molecule has 4 nitrogen and oxygen atoms in total. The predicted molar refractivity (Wildman–Crippen MR) is 106 cm³/mol. The highest BCUT2D eigenvalue weighted by molar-refractivity contribution is 6.30. The Labute approximate surface area is 164 Å². The summed E-state index contributed by atoms with van der Waals surface area (Å²) in [5, 5.41) is 0.605. The molecule has 1 amide bonds. The van der Waals surface area contributed by atoms with E-state index in [-0.39, 0.29) is 30.6 Å². The molecule has 2 heterocycles. The molecule has 0 saturated carbocycles. The van der Waals surface area contributed by atoms with Gasteiger partial charge in [-0.05, 0) is 41.8 Å². The minimum Gasteiger partial charge on any atom is -0.339 e. The second kappa shape index (κ2) is 7.83. The van der Waals surface area contributed by atoms with Gasteiger partial charge in [0.25, 0.3) is 0 Å². The van der Waals surface area contributed by atoms with Gasteiger partial charge in [0, 0.05) is 49.6 Å². The van der Waals surface area contributed by atoms with Crippen molar-refractivity contribution < 1.29 is 9.59 Å². The number of fused-ring (bicyclic) bond motifs is 3. The number of rotatable bonds is 4. The number of Topliss-reactive ketones (excluding diaryl/α,β-unsaturated/α-hetero) is 1. The van der Waals surface area contributed by atoms with Crippen LogP contribution in [0.3, 0.4) is 0 Å². The summed E-state index contributed by atoms with van der Waals surface area (Å²) in [7, 11) is 0. The highest BCUT2D eigenvalue weighted by Crippen LogP contribution is 2.32. The molecule has 2 aromatic carbocycles. The minimum absolute atomic E-state index is 0.0123. The van der Waals surface area contributed by atoms with E-state index >= 15 is 0 Å². The average Bonchev–Trinajstić information content (AvgIpc) is 2.71. The first-order valence-corrected chi connectivity index (χ1v) is 9.88. The smallest absolute Gasteiger partial charge is 0.223 e. The number of carbonyl (C=O) groups is 2. The minimum atomic E-state index is -0.0123. The van der Waals surface area contributed by atoms with Crippen molar-refractivity contribution in [1.82, 2.24) is 9.80 Å². The normalized spacial score (nSPS) is 19.3. The summed E-state index contributed by atoms with van der Waals surface area (Å²) in [5.41, 5.74) is 3.35. The monoisotopic (exact) mass is 382 g/mol. The summed E-state index contributed by atoms with van der Waals surface area (Å²) in [4.78, 5) is 29.4. The van der Waals surface area contributed by atoms with E-state index < -0.39 is 0 Å². The fourth-order valence-corrected chi connectivity index (χ4v) is 4.25. The van der Waals surface area contributed by atoms with E-state index in [0.717, 1.165) is 26.1 Å². The Morgan fingerprint density at radius 3 is 2.56 bits per heavy atom. The summed E-state index contributed by atoms with van der Waals surface area (Å²) in [6.45, 7) is 3.41. The molecule has 0 N–H and O–H groups in total. The number of benzene rings is 2. The first-order valence-electron chi connectivity index (χ1n) is 9.50. The van der Waals surface area contributed by atoms with Crippen molar-refractivity contribution >= 4 is 23.3 Å². The molecular weight excluding hydrogens is 360 g/mol. The van der Waals surface area contributed by atoms with Gasteiger partial charge in [-0.1, -0.05) is 35.9 Å². The summed E-state index contributed by atoms with van der Waals surface area (Å²) >= 11 is 5.86. The molecule has 1 unspecified atom stereocenters. The second-order valence-electron chi connectivity index (χ2n) is 7.27. The predicted octanol–water partition coefficient (Wildman–Crippen LogP) is 3.74. The lowest BCUT2D eigenvalue weighted by Crippen LogP contribution is -2.52. The third-order valence-corrected chi connectivity index (χ3v) is 5.91.